The standard InChI is InChI=1S/C22H29NO3/c1-15(2)20-10-9-17(4)14-21(20)26-18(5)22(24)23-11-12-25-19-8-6-7-16(3)13-19/h6-10,13-15,18H,11-12H2,1-5H3,(H,23,24)/t18-/m1/s1. The minimum atomic E-state index is -0.562. The van der Waals surface area contributed by atoms with Crippen molar-refractivity contribution in [3.63, 3.8) is 0 Å². The van der Waals surface area contributed by atoms with Crippen molar-refractivity contribution in [3.8, 4) is 11.5 Å². The molecule has 0 bridgehead atoms. The average molecular weight is 355 g/mol. The Morgan fingerprint density at radius 1 is 1.04 bits per heavy atom. The molecule has 0 radical (unpaired) electrons. The number of benzene rings is 2. The summed E-state index contributed by atoms with van der Waals surface area (Å²) in [6, 6.07) is 14.0. The first kappa shape index (κ1) is 19.8. The lowest BCUT2D eigenvalue weighted by molar-refractivity contribution is -0.127. The first-order valence-corrected chi connectivity index (χ1v) is 9.11. The van der Waals surface area contributed by atoms with Gasteiger partial charge in [-0.25, -0.2) is 0 Å². The third-order valence-corrected chi connectivity index (χ3v) is 4.12. The van der Waals surface area contributed by atoms with Crippen LogP contribution in [0, 0.1) is 13.8 Å². The van der Waals surface area contributed by atoms with Crippen molar-refractivity contribution in [1.29, 1.82) is 0 Å². The largest absolute Gasteiger partial charge is 0.492 e. The van der Waals surface area contributed by atoms with Gasteiger partial charge in [0.25, 0.3) is 5.91 Å². The van der Waals surface area contributed by atoms with Crippen LogP contribution in [0.1, 0.15) is 43.4 Å². The van der Waals surface area contributed by atoms with Crippen molar-refractivity contribution < 1.29 is 14.3 Å². The fourth-order valence-electron chi connectivity index (χ4n) is 2.66. The SMILES string of the molecule is Cc1cccc(OCCNC(=O)[C@@H](C)Oc2cc(C)ccc2C(C)C)c1. The number of carbonyl (C=O) groups excluding carboxylic acids is 1. The minimum Gasteiger partial charge on any atom is -0.492 e. The molecular weight excluding hydrogens is 326 g/mol. The first-order chi connectivity index (χ1) is 12.4. The van der Waals surface area contributed by atoms with Gasteiger partial charge in [0.1, 0.15) is 18.1 Å². The normalized spacial score (nSPS) is 11.9. The average Bonchev–Trinajstić information content (AvgIpc) is 2.58. The van der Waals surface area contributed by atoms with Gasteiger partial charge in [-0.15, -0.1) is 0 Å². The quantitative estimate of drug-likeness (QED) is 0.715. The fraction of sp³-hybridized carbons (Fsp3) is 0.409. The molecule has 1 amide bonds. The molecule has 0 spiro atoms. The second-order valence-corrected chi connectivity index (χ2v) is 6.91. The van der Waals surface area contributed by atoms with E-state index in [-0.39, 0.29) is 5.91 Å². The highest BCUT2D eigenvalue weighted by molar-refractivity contribution is 5.80. The van der Waals surface area contributed by atoms with E-state index >= 15 is 0 Å². The maximum absolute atomic E-state index is 12.3. The van der Waals surface area contributed by atoms with Crippen LogP contribution in [0.4, 0.5) is 0 Å². The lowest BCUT2D eigenvalue weighted by atomic mass is 10.0. The Kier molecular flexibility index (Phi) is 7.07. The fourth-order valence-corrected chi connectivity index (χ4v) is 2.66. The zero-order valence-corrected chi connectivity index (χ0v) is 16.3. The van der Waals surface area contributed by atoms with Gasteiger partial charge in [0.15, 0.2) is 6.10 Å². The van der Waals surface area contributed by atoms with E-state index in [0.717, 1.165) is 28.2 Å². The molecule has 1 atom stereocenters. The molecule has 2 aromatic rings. The molecule has 0 unspecified atom stereocenters. The van der Waals surface area contributed by atoms with Crippen molar-refractivity contribution >= 4 is 5.91 Å². The highest BCUT2D eigenvalue weighted by atomic mass is 16.5. The summed E-state index contributed by atoms with van der Waals surface area (Å²) in [6.45, 7) is 10.9. The Balaban J connectivity index is 1.83. The summed E-state index contributed by atoms with van der Waals surface area (Å²) in [4.78, 5) is 12.3. The van der Waals surface area contributed by atoms with Crippen LogP contribution in [-0.2, 0) is 4.79 Å². The highest BCUT2D eigenvalue weighted by Gasteiger charge is 2.17. The van der Waals surface area contributed by atoms with E-state index in [1.807, 2.05) is 44.2 Å². The third-order valence-electron chi connectivity index (χ3n) is 4.12. The highest BCUT2D eigenvalue weighted by Crippen LogP contribution is 2.28. The molecule has 0 aromatic heterocycles. The molecule has 4 nitrogen and oxygen atoms in total. The molecule has 0 heterocycles. The van der Waals surface area contributed by atoms with Gasteiger partial charge < -0.3 is 14.8 Å². The van der Waals surface area contributed by atoms with E-state index in [4.69, 9.17) is 9.47 Å². The predicted octanol–water partition coefficient (Wildman–Crippen LogP) is 4.39. The predicted molar refractivity (Wildman–Crippen MR) is 105 cm³/mol. The smallest absolute Gasteiger partial charge is 0.260 e. The summed E-state index contributed by atoms with van der Waals surface area (Å²) >= 11 is 0. The van der Waals surface area contributed by atoms with Gasteiger partial charge in [0, 0.05) is 0 Å². The van der Waals surface area contributed by atoms with Crippen LogP contribution in [-0.4, -0.2) is 25.2 Å². The van der Waals surface area contributed by atoms with Gasteiger partial charge in [0.2, 0.25) is 0 Å². The van der Waals surface area contributed by atoms with E-state index in [1.165, 1.54) is 0 Å². The van der Waals surface area contributed by atoms with Crippen LogP contribution in [0.5, 0.6) is 11.5 Å². The molecular formula is C22H29NO3. The van der Waals surface area contributed by atoms with Crippen LogP contribution in [0.15, 0.2) is 42.5 Å². The molecule has 26 heavy (non-hydrogen) atoms. The summed E-state index contributed by atoms with van der Waals surface area (Å²) in [5.41, 5.74) is 3.37. The van der Waals surface area contributed by atoms with Crippen molar-refractivity contribution in [2.75, 3.05) is 13.2 Å². The van der Waals surface area contributed by atoms with Crippen LogP contribution in [0.25, 0.3) is 0 Å². The molecule has 1 N–H and O–H groups in total. The Morgan fingerprint density at radius 3 is 2.46 bits per heavy atom. The zero-order valence-electron chi connectivity index (χ0n) is 16.3. The zero-order chi connectivity index (χ0) is 19.1. The molecule has 0 saturated carbocycles. The topological polar surface area (TPSA) is 47.6 Å². The van der Waals surface area contributed by atoms with Crippen molar-refractivity contribution in [2.24, 2.45) is 0 Å². The molecule has 0 aliphatic rings. The van der Waals surface area contributed by atoms with E-state index < -0.39 is 6.10 Å². The molecule has 0 aliphatic heterocycles. The van der Waals surface area contributed by atoms with Crippen LogP contribution in [0.3, 0.4) is 0 Å². The number of hydrogen-bond acceptors (Lipinski definition) is 3. The minimum absolute atomic E-state index is 0.144. The van der Waals surface area contributed by atoms with Crippen molar-refractivity contribution in [1.82, 2.24) is 5.32 Å². The first-order valence-electron chi connectivity index (χ1n) is 9.11. The molecule has 0 saturated heterocycles. The van der Waals surface area contributed by atoms with Crippen LogP contribution < -0.4 is 14.8 Å². The Bertz CT molecular complexity index is 740. The number of ether oxygens (including phenoxy) is 2. The molecule has 2 rings (SSSR count). The number of hydrogen-bond donors (Lipinski definition) is 1. The second-order valence-electron chi connectivity index (χ2n) is 6.91. The number of amides is 1. The van der Waals surface area contributed by atoms with Crippen molar-refractivity contribution in [2.45, 2.75) is 46.6 Å². The lowest BCUT2D eigenvalue weighted by Gasteiger charge is -2.19. The summed E-state index contributed by atoms with van der Waals surface area (Å²) in [6.07, 6.45) is -0.562. The Labute approximate surface area is 156 Å². The van der Waals surface area contributed by atoms with Gasteiger partial charge in [-0.3, -0.25) is 4.79 Å². The molecule has 0 aliphatic carbocycles. The monoisotopic (exact) mass is 355 g/mol. The maximum atomic E-state index is 12.3. The van der Waals surface area contributed by atoms with Crippen LogP contribution >= 0.6 is 0 Å². The molecule has 0 fully saturated rings. The summed E-state index contributed by atoms with van der Waals surface area (Å²) in [5, 5.41) is 2.86. The summed E-state index contributed by atoms with van der Waals surface area (Å²) in [5.74, 6) is 1.78. The number of aryl methyl sites for hydroxylation is 2. The summed E-state index contributed by atoms with van der Waals surface area (Å²) in [7, 11) is 0. The Morgan fingerprint density at radius 2 is 1.77 bits per heavy atom. The lowest BCUT2D eigenvalue weighted by Crippen LogP contribution is -2.38. The van der Waals surface area contributed by atoms with Gasteiger partial charge in [0.05, 0.1) is 6.54 Å². The van der Waals surface area contributed by atoms with E-state index in [2.05, 4.69) is 31.3 Å². The molecule has 140 valence electrons. The number of nitrogens with one attached hydrogen (secondary N) is 1. The van der Waals surface area contributed by atoms with Gasteiger partial charge >= 0.3 is 0 Å². The Hall–Kier alpha value is -2.49. The molecule has 2 aromatic carbocycles. The van der Waals surface area contributed by atoms with E-state index in [1.54, 1.807) is 6.92 Å². The maximum Gasteiger partial charge on any atom is 0.260 e. The van der Waals surface area contributed by atoms with E-state index in [0.29, 0.717) is 19.1 Å². The van der Waals surface area contributed by atoms with Gasteiger partial charge in [-0.1, -0.05) is 38.1 Å². The van der Waals surface area contributed by atoms with Gasteiger partial charge in [-0.2, -0.15) is 0 Å². The number of carbonyl (C=O) groups is 1. The third kappa shape index (κ3) is 5.80. The van der Waals surface area contributed by atoms with Crippen molar-refractivity contribution in [3.05, 3.63) is 59.2 Å². The van der Waals surface area contributed by atoms with Crippen LogP contribution in [0.2, 0.25) is 0 Å². The van der Waals surface area contributed by atoms with Gasteiger partial charge in [-0.05, 0) is 61.6 Å². The molecule has 4 heteroatoms. The second kappa shape index (κ2) is 9.27. The van der Waals surface area contributed by atoms with E-state index in [9.17, 15) is 4.79 Å². The number of rotatable bonds is 8. The summed E-state index contributed by atoms with van der Waals surface area (Å²) < 4.78 is 11.6.